The second-order valence-electron chi connectivity index (χ2n) is 6.35. The molecule has 0 atom stereocenters. The molecule has 0 bridgehead atoms. The molecule has 0 unspecified atom stereocenters. The summed E-state index contributed by atoms with van der Waals surface area (Å²) in [7, 11) is 1.89. The summed E-state index contributed by atoms with van der Waals surface area (Å²) < 4.78 is 0. The summed E-state index contributed by atoms with van der Waals surface area (Å²) in [5.74, 6) is 1.61. The molecule has 0 radical (unpaired) electrons. The fourth-order valence-electron chi connectivity index (χ4n) is 3.83. The number of rotatable bonds is 5. The van der Waals surface area contributed by atoms with E-state index in [1.807, 2.05) is 19.3 Å². The van der Waals surface area contributed by atoms with Gasteiger partial charge in [0.05, 0.1) is 0 Å². The summed E-state index contributed by atoms with van der Waals surface area (Å²) in [6, 6.07) is 1.89. The van der Waals surface area contributed by atoms with E-state index in [0.717, 1.165) is 18.3 Å². The van der Waals surface area contributed by atoms with Gasteiger partial charge in [-0.3, -0.25) is 4.90 Å². The first-order chi connectivity index (χ1) is 10.3. The predicted octanol–water partition coefficient (Wildman–Crippen LogP) is 2.73. The lowest BCUT2D eigenvalue weighted by atomic mass is 9.92. The number of likely N-dealkylation sites (tertiary alicyclic amines) is 1. The normalized spacial score (nSPS) is 22.1. The maximum Gasteiger partial charge on any atom is 0.224 e. The number of hydrogen-bond donors (Lipinski definition) is 2. The van der Waals surface area contributed by atoms with Crippen LogP contribution in [-0.2, 0) is 0 Å². The van der Waals surface area contributed by atoms with Crippen molar-refractivity contribution in [2.24, 2.45) is 0 Å². The monoisotopic (exact) mass is 289 g/mol. The van der Waals surface area contributed by atoms with Crippen molar-refractivity contribution in [2.75, 3.05) is 37.3 Å². The molecular formula is C16H27N5. The third-order valence-corrected chi connectivity index (χ3v) is 5.05. The molecule has 0 spiro atoms. The van der Waals surface area contributed by atoms with Gasteiger partial charge in [0.15, 0.2) is 0 Å². The minimum absolute atomic E-state index is 0.333. The lowest BCUT2D eigenvalue weighted by molar-refractivity contribution is 0.0807. The Kier molecular flexibility index (Phi) is 4.58. The van der Waals surface area contributed by atoms with Gasteiger partial charge >= 0.3 is 0 Å². The minimum Gasteiger partial charge on any atom is -0.373 e. The fraction of sp³-hybridized carbons (Fsp3) is 0.750. The van der Waals surface area contributed by atoms with E-state index < -0.39 is 0 Å². The first kappa shape index (κ1) is 14.6. The molecule has 2 fully saturated rings. The van der Waals surface area contributed by atoms with E-state index in [0.29, 0.717) is 5.54 Å². The Morgan fingerprint density at radius 3 is 2.62 bits per heavy atom. The van der Waals surface area contributed by atoms with Gasteiger partial charge in [-0.15, -0.1) is 0 Å². The summed E-state index contributed by atoms with van der Waals surface area (Å²) in [5, 5.41) is 6.56. The van der Waals surface area contributed by atoms with Crippen LogP contribution in [0.2, 0.25) is 0 Å². The van der Waals surface area contributed by atoms with Gasteiger partial charge in [-0.1, -0.05) is 19.3 Å². The summed E-state index contributed by atoms with van der Waals surface area (Å²) in [5.41, 5.74) is 0.333. The Balaban J connectivity index is 1.67. The average Bonchev–Trinajstić information content (AvgIpc) is 3.04. The van der Waals surface area contributed by atoms with Crippen LogP contribution in [-0.4, -0.2) is 47.1 Å². The number of anilines is 2. The Bertz CT molecular complexity index is 450. The molecule has 5 nitrogen and oxygen atoms in total. The lowest BCUT2D eigenvalue weighted by Crippen LogP contribution is -2.53. The van der Waals surface area contributed by atoms with Gasteiger partial charge < -0.3 is 10.6 Å². The zero-order valence-electron chi connectivity index (χ0n) is 13.1. The number of aromatic nitrogens is 2. The van der Waals surface area contributed by atoms with Crippen LogP contribution in [0.15, 0.2) is 12.3 Å². The van der Waals surface area contributed by atoms with Crippen LogP contribution >= 0.6 is 0 Å². The lowest BCUT2D eigenvalue weighted by Gasteiger charge is -2.43. The summed E-state index contributed by atoms with van der Waals surface area (Å²) >= 11 is 0. The van der Waals surface area contributed by atoms with Crippen LogP contribution in [0.4, 0.5) is 11.8 Å². The fourth-order valence-corrected chi connectivity index (χ4v) is 3.83. The van der Waals surface area contributed by atoms with E-state index in [1.54, 1.807) is 0 Å². The maximum atomic E-state index is 4.48. The SMILES string of the molecule is CNc1ccnc(NCC2(N3CCCCC3)CCCC2)n1. The number of hydrogen-bond acceptors (Lipinski definition) is 5. The maximum absolute atomic E-state index is 4.48. The van der Waals surface area contributed by atoms with Gasteiger partial charge in [0.2, 0.25) is 5.95 Å². The summed E-state index contributed by atoms with van der Waals surface area (Å²) in [6.45, 7) is 3.50. The van der Waals surface area contributed by atoms with Crippen molar-refractivity contribution < 1.29 is 0 Å². The predicted molar refractivity (Wildman–Crippen MR) is 86.7 cm³/mol. The number of nitrogens with zero attached hydrogens (tertiary/aromatic N) is 3. The van der Waals surface area contributed by atoms with E-state index >= 15 is 0 Å². The standard InChI is InChI=1S/C16H27N5/c1-17-14-7-10-18-15(20-14)19-13-16(8-3-4-9-16)21-11-5-2-6-12-21/h7,10H,2-6,8-9,11-13H2,1H3,(H2,17,18,19,20). The molecule has 1 aromatic rings. The first-order valence-corrected chi connectivity index (χ1v) is 8.32. The molecule has 1 aliphatic carbocycles. The highest BCUT2D eigenvalue weighted by Crippen LogP contribution is 2.37. The molecule has 3 rings (SSSR count). The van der Waals surface area contributed by atoms with Crippen molar-refractivity contribution in [2.45, 2.75) is 50.5 Å². The van der Waals surface area contributed by atoms with Crippen LogP contribution in [0.25, 0.3) is 0 Å². The van der Waals surface area contributed by atoms with Gasteiger partial charge in [-0.2, -0.15) is 4.98 Å². The molecule has 2 aliphatic rings. The molecular weight excluding hydrogens is 262 g/mol. The van der Waals surface area contributed by atoms with Crippen LogP contribution in [0.5, 0.6) is 0 Å². The van der Waals surface area contributed by atoms with Crippen molar-refractivity contribution in [3.05, 3.63) is 12.3 Å². The quantitative estimate of drug-likeness (QED) is 0.873. The van der Waals surface area contributed by atoms with E-state index in [2.05, 4.69) is 25.5 Å². The van der Waals surface area contributed by atoms with Crippen molar-refractivity contribution in [3.63, 3.8) is 0 Å². The van der Waals surface area contributed by atoms with E-state index in [-0.39, 0.29) is 0 Å². The molecule has 0 amide bonds. The highest BCUT2D eigenvalue weighted by atomic mass is 15.2. The van der Waals surface area contributed by atoms with Crippen LogP contribution in [0, 0.1) is 0 Å². The smallest absolute Gasteiger partial charge is 0.224 e. The Morgan fingerprint density at radius 2 is 1.90 bits per heavy atom. The van der Waals surface area contributed by atoms with E-state index in [4.69, 9.17) is 0 Å². The molecule has 1 aliphatic heterocycles. The van der Waals surface area contributed by atoms with Gasteiger partial charge in [0.25, 0.3) is 0 Å². The zero-order chi connectivity index (χ0) is 14.5. The second-order valence-corrected chi connectivity index (χ2v) is 6.35. The Hall–Kier alpha value is -1.36. The summed E-state index contributed by atoms with van der Waals surface area (Å²) in [4.78, 5) is 11.6. The van der Waals surface area contributed by atoms with Crippen molar-refractivity contribution in [3.8, 4) is 0 Å². The number of piperidine rings is 1. The van der Waals surface area contributed by atoms with Crippen LogP contribution in [0.3, 0.4) is 0 Å². The van der Waals surface area contributed by atoms with Gasteiger partial charge in [0, 0.05) is 25.3 Å². The molecule has 5 heteroatoms. The van der Waals surface area contributed by atoms with E-state index in [9.17, 15) is 0 Å². The molecule has 21 heavy (non-hydrogen) atoms. The van der Waals surface area contributed by atoms with Crippen LogP contribution < -0.4 is 10.6 Å². The Morgan fingerprint density at radius 1 is 1.14 bits per heavy atom. The highest BCUT2D eigenvalue weighted by molar-refractivity contribution is 5.39. The zero-order valence-corrected chi connectivity index (χ0v) is 13.1. The first-order valence-electron chi connectivity index (χ1n) is 8.32. The molecule has 116 valence electrons. The van der Waals surface area contributed by atoms with Crippen molar-refractivity contribution >= 4 is 11.8 Å². The molecule has 2 heterocycles. The molecule has 2 N–H and O–H groups in total. The highest BCUT2D eigenvalue weighted by Gasteiger charge is 2.39. The largest absolute Gasteiger partial charge is 0.373 e. The minimum atomic E-state index is 0.333. The number of nitrogens with one attached hydrogen (secondary N) is 2. The molecule has 1 aromatic heterocycles. The average molecular weight is 289 g/mol. The summed E-state index contributed by atoms with van der Waals surface area (Å²) in [6.07, 6.45) is 11.3. The van der Waals surface area contributed by atoms with E-state index in [1.165, 1.54) is 58.0 Å². The third kappa shape index (κ3) is 3.28. The Labute approximate surface area is 127 Å². The molecule has 0 aromatic carbocycles. The van der Waals surface area contributed by atoms with Gasteiger partial charge in [0.1, 0.15) is 5.82 Å². The van der Waals surface area contributed by atoms with Crippen molar-refractivity contribution in [1.29, 1.82) is 0 Å². The molecule has 1 saturated heterocycles. The van der Waals surface area contributed by atoms with Gasteiger partial charge in [-0.05, 0) is 44.8 Å². The molecule has 1 saturated carbocycles. The van der Waals surface area contributed by atoms with Gasteiger partial charge in [-0.25, -0.2) is 4.98 Å². The topological polar surface area (TPSA) is 53.1 Å². The third-order valence-electron chi connectivity index (χ3n) is 5.05. The second kappa shape index (κ2) is 6.60. The van der Waals surface area contributed by atoms with Crippen molar-refractivity contribution in [1.82, 2.24) is 14.9 Å². The van der Waals surface area contributed by atoms with Crippen LogP contribution in [0.1, 0.15) is 44.9 Å².